The van der Waals surface area contributed by atoms with Gasteiger partial charge in [0.05, 0.1) is 11.6 Å². The number of aromatic carboxylic acids is 1. The van der Waals surface area contributed by atoms with Gasteiger partial charge < -0.3 is 14.8 Å². The van der Waals surface area contributed by atoms with Gasteiger partial charge in [0.2, 0.25) is 0 Å². The topological polar surface area (TPSA) is 79.5 Å². The molecular weight excluding hydrogens is 426 g/mol. The van der Waals surface area contributed by atoms with Crippen LogP contribution >= 0.6 is 0 Å². The standard InChI is InChI=1S/C29H21NO4/c31-28(30-27(20-7-3-1-4-8-20)21-9-5-2-6-10-21)23-15-16-25-24(17-23)18-26(34-25)19-11-13-22(14-12-19)29(32)33/h1-18,27H,(H,30,31)(H,32,33). The van der Waals surface area contributed by atoms with Gasteiger partial charge in [0.15, 0.2) is 0 Å². The van der Waals surface area contributed by atoms with Crippen molar-refractivity contribution in [3.8, 4) is 11.3 Å². The van der Waals surface area contributed by atoms with E-state index in [1.54, 1.807) is 30.3 Å². The number of carbonyl (C=O) groups is 2. The second kappa shape index (κ2) is 9.08. The Bertz CT molecular complexity index is 1420. The van der Waals surface area contributed by atoms with Crippen molar-refractivity contribution in [2.75, 3.05) is 0 Å². The maximum Gasteiger partial charge on any atom is 0.335 e. The summed E-state index contributed by atoms with van der Waals surface area (Å²) in [6.07, 6.45) is 0. The fourth-order valence-electron chi connectivity index (χ4n) is 3.97. The first-order valence-electron chi connectivity index (χ1n) is 10.9. The summed E-state index contributed by atoms with van der Waals surface area (Å²) in [4.78, 5) is 24.3. The van der Waals surface area contributed by atoms with Crippen LogP contribution in [-0.2, 0) is 0 Å². The van der Waals surface area contributed by atoms with Crippen LogP contribution in [0.1, 0.15) is 37.9 Å². The Balaban J connectivity index is 1.43. The number of amides is 1. The van der Waals surface area contributed by atoms with E-state index in [4.69, 9.17) is 9.52 Å². The first-order chi connectivity index (χ1) is 16.6. The van der Waals surface area contributed by atoms with Crippen LogP contribution in [0.25, 0.3) is 22.3 Å². The van der Waals surface area contributed by atoms with Crippen molar-refractivity contribution in [3.05, 3.63) is 131 Å². The molecular formula is C29H21NO4. The molecule has 0 saturated heterocycles. The van der Waals surface area contributed by atoms with Crippen molar-refractivity contribution in [1.82, 2.24) is 5.32 Å². The number of carbonyl (C=O) groups excluding carboxylic acids is 1. The normalized spacial score (nSPS) is 11.0. The Morgan fingerprint density at radius 3 is 1.88 bits per heavy atom. The molecule has 5 nitrogen and oxygen atoms in total. The Labute approximate surface area is 196 Å². The van der Waals surface area contributed by atoms with E-state index in [9.17, 15) is 9.59 Å². The van der Waals surface area contributed by atoms with E-state index in [-0.39, 0.29) is 17.5 Å². The first kappa shape index (κ1) is 21.2. The van der Waals surface area contributed by atoms with Crippen LogP contribution in [0.4, 0.5) is 0 Å². The predicted octanol–water partition coefficient (Wildman–Crippen LogP) is 6.32. The van der Waals surface area contributed by atoms with E-state index in [2.05, 4.69) is 5.32 Å². The third kappa shape index (κ3) is 4.32. The molecule has 0 bridgehead atoms. The summed E-state index contributed by atoms with van der Waals surface area (Å²) in [6.45, 7) is 0. The molecule has 0 aliphatic rings. The number of hydrogen-bond acceptors (Lipinski definition) is 3. The first-order valence-corrected chi connectivity index (χ1v) is 10.9. The molecule has 0 unspecified atom stereocenters. The lowest BCUT2D eigenvalue weighted by Gasteiger charge is -2.20. The van der Waals surface area contributed by atoms with E-state index in [0.717, 1.165) is 22.1 Å². The minimum Gasteiger partial charge on any atom is -0.478 e. The average Bonchev–Trinajstić information content (AvgIpc) is 3.32. The third-order valence-corrected chi connectivity index (χ3v) is 5.74. The molecule has 166 valence electrons. The van der Waals surface area contributed by atoms with E-state index < -0.39 is 5.97 Å². The van der Waals surface area contributed by atoms with Crippen molar-refractivity contribution in [2.45, 2.75) is 6.04 Å². The summed E-state index contributed by atoms with van der Waals surface area (Å²) >= 11 is 0. The van der Waals surface area contributed by atoms with Crippen LogP contribution in [0, 0.1) is 0 Å². The average molecular weight is 447 g/mol. The quantitative estimate of drug-likeness (QED) is 0.319. The zero-order valence-corrected chi connectivity index (χ0v) is 18.1. The Morgan fingerprint density at radius 2 is 1.29 bits per heavy atom. The van der Waals surface area contributed by atoms with Gasteiger partial charge in [-0.15, -0.1) is 0 Å². The minimum atomic E-state index is -0.976. The number of furan rings is 1. The Kier molecular flexibility index (Phi) is 5.67. The molecule has 1 heterocycles. The van der Waals surface area contributed by atoms with Crippen molar-refractivity contribution >= 4 is 22.8 Å². The van der Waals surface area contributed by atoms with Crippen LogP contribution < -0.4 is 5.32 Å². The van der Waals surface area contributed by atoms with E-state index in [1.807, 2.05) is 66.7 Å². The second-order valence-electron chi connectivity index (χ2n) is 7.97. The van der Waals surface area contributed by atoms with Crippen LogP contribution in [0.2, 0.25) is 0 Å². The van der Waals surface area contributed by atoms with Gasteiger partial charge in [-0.1, -0.05) is 72.8 Å². The number of carboxylic acids is 1. The fourth-order valence-corrected chi connectivity index (χ4v) is 3.97. The molecule has 0 spiro atoms. The number of benzene rings is 4. The Morgan fingerprint density at radius 1 is 0.706 bits per heavy atom. The van der Waals surface area contributed by atoms with Gasteiger partial charge in [-0.2, -0.15) is 0 Å². The van der Waals surface area contributed by atoms with Gasteiger partial charge in [-0.05, 0) is 47.5 Å². The monoisotopic (exact) mass is 447 g/mol. The molecule has 0 saturated carbocycles. The zero-order chi connectivity index (χ0) is 23.5. The molecule has 1 aromatic heterocycles. The lowest BCUT2D eigenvalue weighted by atomic mass is 9.98. The highest BCUT2D eigenvalue weighted by Gasteiger charge is 2.18. The lowest BCUT2D eigenvalue weighted by molar-refractivity contribution is 0.0696. The summed E-state index contributed by atoms with van der Waals surface area (Å²) in [7, 11) is 0. The van der Waals surface area contributed by atoms with Crippen LogP contribution in [0.5, 0.6) is 0 Å². The van der Waals surface area contributed by atoms with Crippen LogP contribution in [0.3, 0.4) is 0 Å². The fraction of sp³-hybridized carbons (Fsp3) is 0.0345. The molecule has 4 aromatic carbocycles. The van der Waals surface area contributed by atoms with Gasteiger partial charge >= 0.3 is 5.97 Å². The maximum atomic E-state index is 13.2. The minimum absolute atomic E-state index is 0.187. The highest BCUT2D eigenvalue weighted by Crippen LogP contribution is 2.29. The SMILES string of the molecule is O=C(O)c1ccc(-c2cc3cc(C(=O)NC(c4ccccc4)c4ccccc4)ccc3o2)cc1. The molecule has 2 N–H and O–H groups in total. The van der Waals surface area contributed by atoms with Crippen LogP contribution in [0.15, 0.2) is 114 Å². The number of nitrogens with one attached hydrogen (secondary N) is 1. The molecule has 0 atom stereocenters. The summed E-state index contributed by atoms with van der Waals surface area (Å²) in [5.74, 6) is -0.555. The maximum absolute atomic E-state index is 13.2. The smallest absolute Gasteiger partial charge is 0.335 e. The van der Waals surface area contributed by atoms with Gasteiger partial charge in [0, 0.05) is 16.5 Å². The second-order valence-corrected chi connectivity index (χ2v) is 7.97. The highest BCUT2D eigenvalue weighted by molar-refractivity contribution is 5.99. The summed E-state index contributed by atoms with van der Waals surface area (Å²) in [5.41, 5.74) is 4.15. The van der Waals surface area contributed by atoms with E-state index in [0.29, 0.717) is 16.9 Å². The number of carboxylic acid groups (broad SMARTS) is 1. The van der Waals surface area contributed by atoms with Gasteiger partial charge in [-0.3, -0.25) is 4.79 Å². The molecule has 0 aliphatic heterocycles. The van der Waals surface area contributed by atoms with Crippen molar-refractivity contribution in [3.63, 3.8) is 0 Å². The molecule has 0 aliphatic carbocycles. The summed E-state index contributed by atoms with van der Waals surface area (Å²) < 4.78 is 5.93. The molecule has 1 amide bonds. The van der Waals surface area contributed by atoms with Gasteiger partial charge in [0.1, 0.15) is 11.3 Å². The number of fused-ring (bicyclic) bond motifs is 1. The highest BCUT2D eigenvalue weighted by atomic mass is 16.4. The Hall–Kier alpha value is -4.64. The largest absolute Gasteiger partial charge is 0.478 e. The molecule has 0 radical (unpaired) electrons. The summed E-state index contributed by atoms with van der Waals surface area (Å²) in [5, 5.41) is 13.0. The molecule has 5 rings (SSSR count). The van der Waals surface area contributed by atoms with Crippen LogP contribution in [-0.4, -0.2) is 17.0 Å². The van der Waals surface area contributed by atoms with E-state index >= 15 is 0 Å². The van der Waals surface area contributed by atoms with Crippen molar-refractivity contribution < 1.29 is 19.1 Å². The predicted molar refractivity (Wildman–Crippen MR) is 131 cm³/mol. The van der Waals surface area contributed by atoms with Crippen molar-refractivity contribution in [2.24, 2.45) is 0 Å². The molecule has 5 aromatic rings. The molecule has 0 fully saturated rings. The number of rotatable bonds is 6. The molecule has 5 heteroatoms. The van der Waals surface area contributed by atoms with Gasteiger partial charge in [0.25, 0.3) is 5.91 Å². The van der Waals surface area contributed by atoms with Crippen molar-refractivity contribution in [1.29, 1.82) is 0 Å². The number of hydrogen-bond donors (Lipinski definition) is 2. The van der Waals surface area contributed by atoms with E-state index in [1.165, 1.54) is 12.1 Å². The summed E-state index contributed by atoms with van der Waals surface area (Å²) in [6, 6.07) is 33.1. The molecule has 34 heavy (non-hydrogen) atoms. The third-order valence-electron chi connectivity index (χ3n) is 5.74. The lowest BCUT2D eigenvalue weighted by Crippen LogP contribution is -2.29. The van der Waals surface area contributed by atoms with Gasteiger partial charge in [-0.25, -0.2) is 4.79 Å². The zero-order valence-electron chi connectivity index (χ0n) is 18.1.